The molecule has 4 saturated heterocycles. The number of carbonyl (C=O) groups excluding carboxylic acids is 2. The molecule has 0 spiro atoms. The number of ether oxygens (including phenoxy) is 2. The van der Waals surface area contributed by atoms with Crippen LogP contribution in [0.3, 0.4) is 0 Å². The number of hydrogen-bond acceptors (Lipinski definition) is 12. The van der Waals surface area contributed by atoms with Gasteiger partial charge in [0.2, 0.25) is 11.8 Å². The number of nitriles is 1. The molecule has 4 fully saturated rings. The van der Waals surface area contributed by atoms with E-state index in [2.05, 4.69) is 9.97 Å². The highest BCUT2D eigenvalue weighted by atomic mass is 31.2. The van der Waals surface area contributed by atoms with Crippen LogP contribution < -0.4 is 22.5 Å². The Morgan fingerprint density at radius 1 is 0.882 bits per heavy atom. The second-order valence-electron chi connectivity index (χ2n) is 13.3. The minimum Gasteiger partial charge on any atom is -0.388 e. The first-order valence-corrected chi connectivity index (χ1v) is 18.3. The summed E-state index contributed by atoms with van der Waals surface area (Å²) in [5.74, 6) is -0.229. The zero-order valence-electron chi connectivity index (χ0n) is 29.6. The molecule has 6 heterocycles. The number of aliphatic hydroxyl groups is 1. The first-order valence-electron chi connectivity index (χ1n) is 16.6. The summed E-state index contributed by atoms with van der Waals surface area (Å²) < 4.78 is 26.7. The molecule has 4 bridgehead atoms. The van der Waals surface area contributed by atoms with Crippen LogP contribution in [0.1, 0.15) is 69.5 Å². The van der Waals surface area contributed by atoms with E-state index in [-0.39, 0.29) is 37.7 Å². The van der Waals surface area contributed by atoms with E-state index in [4.69, 9.17) is 23.8 Å². The number of aryl methyl sites for hydroxylation is 2. The van der Waals surface area contributed by atoms with Crippen LogP contribution in [-0.4, -0.2) is 109 Å². The Kier molecular flexibility index (Phi) is 10.9. The van der Waals surface area contributed by atoms with Crippen LogP contribution in [0.5, 0.6) is 0 Å². The van der Waals surface area contributed by atoms with Gasteiger partial charge >= 0.3 is 11.4 Å². The number of H-pyrrole nitrogens is 2. The van der Waals surface area contributed by atoms with Crippen molar-refractivity contribution in [3.8, 4) is 6.07 Å². The molecule has 0 aliphatic carbocycles. The van der Waals surface area contributed by atoms with E-state index >= 15 is 0 Å². The number of nitrogens with one attached hydrogen (secondary N) is 2. The Bertz CT molecular complexity index is 1950. The lowest BCUT2D eigenvalue weighted by Crippen LogP contribution is -2.58. The average molecular weight is 734 g/mol. The monoisotopic (exact) mass is 733 g/mol. The largest absolute Gasteiger partial charge is 0.388 e. The van der Waals surface area contributed by atoms with Crippen molar-refractivity contribution in [1.29, 1.82) is 5.26 Å². The molecule has 3 unspecified atom stereocenters. The third-order valence-electron chi connectivity index (χ3n) is 10.4. The van der Waals surface area contributed by atoms with Crippen molar-refractivity contribution in [3.05, 3.63) is 65.2 Å². The van der Waals surface area contributed by atoms with Crippen LogP contribution in [-0.2, 0) is 28.1 Å². The molecule has 2 aromatic rings. The van der Waals surface area contributed by atoms with Gasteiger partial charge in [0.05, 0.1) is 31.9 Å². The Morgan fingerprint density at radius 2 is 1.35 bits per heavy atom. The fourth-order valence-electron chi connectivity index (χ4n) is 7.25. The Labute approximate surface area is 293 Å². The zero-order chi connectivity index (χ0) is 37.6. The van der Waals surface area contributed by atoms with Crippen LogP contribution in [0.2, 0.25) is 0 Å². The minimum absolute atomic E-state index is 0.0747. The van der Waals surface area contributed by atoms with Crippen LogP contribution in [0.25, 0.3) is 0 Å². The summed E-state index contributed by atoms with van der Waals surface area (Å²) in [7, 11) is 1.92. The predicted octanol–water partition coefficient (Wildman–Crippen LogP) is 0.125. The number of fused-ring (bicyclic) bond motifs is 4. The second-order valence-corrected chi connectivity index (χ2v) is 14.7. The van der Waals surface area contributed by atoms with Crippen molar-refractivity contribution in [2.24, 2.45) is 0 Å². The summed E-state index contributed by atoms with van der Waals surface area (Å²) in [6.07, 6.45) is 1.23. The molecule has 278 valence electrons. The van der Waals surface area contributed by atoms with Crippen LogP contribution in [0, 0.1) is 25.2 Å². The van der Waals surface area contributed by atoms with Gasteiger partial charge in [-0.3, -0.25) is 38.3 Å². The lowest BCUT2D eigenvalue weighted by atomic mass is 9.83. The molecular weight excluding hydrogens is 689 g/mol. The summed E-state index contributed by atoms with van der Waals surface area (Å²) in [5.41, 5.74) is -3.31. The van der Waals surface area contributed by atoms with Gasteiger partial charge in [-0.25, -0.2) is 9.59 Å². The lowest BCUT2D eigenvalue weighted by molar-refractivity contribution is -0.151. The van der Waals surface area contributed by atoms with Crippen LogP contribution in [0.4, 0.5) is 0 Å². The number of likely N-dealkylation sites (tertiary alicyclic amines) is 2. The first kappa shape index (κ1) is 38.3. The summed E-state index contributed by atoms with van der Waals surface area (Å²) in [6.45, 7) is 8.97. The van der Waals surface area contributed by atoms with Crippen molar-refractivity contribution in [3.63, 3.8) is 0 Å². The highest BCUT2D eigenvalue weighted by Crippen LogP contribution is 2.53. The second kappa shape index (κ2) is 14.6. The molecule has 3 N–H and O–H groups in total. The lowest BCUT2D eigenvalue weighted by Gasteiger charge is -2.42. The molecule has 0 aromatic carbocycles. The topological polar surface area (TPSA) is 231 Å². The van der Waals surface area contributed by atoms with Gasteiger partial charge in [-0.05, 0) is 26.7 Å². The molecule has 0 saturated carbocycles. The number of aliphatic hydroxyl groups excluding tert-OH is 1. The fourth-order valence-corrected chi connectivity index (χ4v) is 8.30. The SMILES string of the molecule is CC[C@]12CC(=O)N(C)[C@@H](C1O)[C@H](n1cc(C)c(=O)[nH]c1=O)O2.CC[C@]12CC(=O)N(C)[C@@H](C1OP(C)OCCC#N)[C@H](n1cc(C)c(=O)[nH]c1=O)O2. The number of hydrogen-bond donors (Lipinski definition) is 3. The summed E-state index contributed by atoms with van der Waals surface area (Å²) in [6, 6.07) is 0.789. The van der Waals surface area contributed by atoms with E-state index in [0.29, 0.717) is 24.0 Å². The van der Waals surface area contributed by atoms with Crippen molar-refractivity contribution in [2.45, 2.75) is 108 Å². The number of nitrogens with zero attached hydrogens (tertiary/aromatic N) is 5. The highest BCUT2D eigenvalue weighted by molar-refractivity contribution is 7.46. The molecule has 18 nitrogen and oxygen atoms in total. The van der Waals surface area contributed by atoms with Gasteiger partial charge in [0.25, 0.3) is 11.1 Å². The molecule has 9 atom stereocenters. The van der Waals surface area contributed by atoms with Gasteiger partial charge in [0.15, 0.2) is 20.8 Å². The molecule has 6 rings (SSSR count). The molecule has 4 aliphatic heterocycles. The average Bonchev–Trinajstić information content (AvgIpc) is 3.45. The normalized spacial score (nSPS) is 31.7. The molecule has 0 radical (unpaired) electrons. The van der Waals surface area contributed by atoms with E-state index in [1.54, 1.807) is 39.5 Å². The minimum atomic E-state index is -1.32. The summed E-state index contributed by atoms with van der Waals surface area (Å²) >= 11 is 0. The number of piperidine rings is 2. The van der Waals surface area contributed by atoms with Gasteiger partial charge in [-0.15, -0.1) is 0 Å². The number of likely N-dealkylation sites (N-methyl/N-ethyl adjacent to an activating group) is 2. The van der Waals surface area contributed by atoms with Gasteiger partial charge in [-0.1, -0.05) is 13.8 Å². The standard InChI is InChI=1S/C18H25N4O6P.C14H19N3O5/c1-5-18-9-12(23)21(3)13(14(18)28-29(4)26-8-6-7-19)16(27-18)22-10-11(2)15(24)20-17(22)25;1-4-14-5-8(18)16(3)9(10(14)19)12(22-14)17-6-7(2)11(20)15-13(17)21/h10,13-14,16H,5-6,8-9H2,1-4H3,(H,20,24,25);6,9-10,12,19H,4-5H2,1-3H3,(H,15,20,21)/t13-,14?,16+,18-,29?;9-,10?,12+,14-/m00/s1. The van der Waals surface area contributed by atoms with E-state index in [1.165, 1.54) is 26.4 Å². The quantitative estimate of drug-likeness (QED) is 0.231. The molecule has 19 heteroatoms. The van der Waals surface area contributed by atoms with E-state index in [1.807, 2.05) is 19.9 Å². The van der Waals surface area contributed by atoms with Gasteiger partial charge in [0.1, 0.15) is 35.5 Å². The van der Waals surface area contributed by atoms with E-state index in [9.17, 15) is 33.9 Å². The highest BCUT2D eigenvalue weighted by Gasteiger charge is 2.63. The molecule has 4 aliphatic rings. The molecule has 51 heavy (non-hydrogen) atoms. The summed E-state index contributed by atoms with van der Waals surface area (Å²) in [4.78, 5) is 80.1. The van der Waals surface area contributed by atoms with Crippen LogP contribution >= 0.6 is 8.38 Å². The maximum Gasteiger partial charge on any atom is 0.330 e. The van der Waals surface area contributed by atoms with Crippen molar-refractivity contribution < 1.29 is 33.2 Å². The van der Waals surface area contributed by atoms with Gasteiger partial charge in [-0.2, -0.15) is 5.26 Å². The Balaban J connectivity index is 0.000000205. The maximum atomic E-state index is 12.6. The number of rotatable bonds is 9. The zero-order valence-corrected chi connectivity index (χ0v) is 30.5. The van der Waals surface area contributed by atoms with Gasteiger partial charge < -0.3 is 33.4 Å². The third kappa shape index (κ3) is 6.74. The molecule has 2 amide bonds. The molecule has 2 aromatic heterocycles. The Morgan fingerprint density at radius 3 is 1.86 bits per heavy atom. The van der Waals surface area contributed by atoms with Gasteiger partial charge in [0, 0.05) is 44.3 Å². The van der Waals surface area contributed by atoms with E-state index < -0.39 is 78.8 Å². The number of aromatic amines is 2. The van der Waals surface area contributed by atoms with Crippen molar-refractivity contribution >= 4 is 20.2 Å². The number of carbonyl (C=O) groups is 2. The Hall–Kier alpha value is -3.98. The van der Waals surface area contributed by atoms with Crippen molar-refractivity contribution in [1.82, 2.24) is 28.9 Å². The maximum absolute atomic E-state index is 12.6. The fraction of sp³-hybridized carbons (Fsp3) is 0.656. The van der Waals surface area contributed by atoms with Crippen molar-refractivity contribution in [2.75, 3.05) is 27.4 Å². The summed E-state index contributed by atoms with van der Waals surface area (Å²) in [5, 5.41) is 19.3. The molecular formula is C32H44N7O11P. The predicted molar refractivity (Wildman–Crippen MR) is 181 cm³/mol. The number of amides is 2. The third-order valence-corrected chi connectivity index (χ3v) is 11.4. The smallest absolute Gasteiger partial charge is 0.330 e. The van der Waals surface area contributed by atoms with E-state index in [0.717, 1.165) is 0 Å². The van der Waals surface area contributed by atoms with Crippen LogP contribution in [0.15, 0.2) is 31.6 Å². The first-order chi connectivity index (χ1) is 24.0. The number of aromatic nitrogens is 4.